The number of allylic oxidation sites excluding steroid dienone is 1. The Morgan fingerprint density at radius 2 is 0.904 bits per heavy atom. The summed E-state index contributed by atoms with van der Waals surface area (Å²) in [5.41, 5.74) is 13.8. The van der Waals surface area contributed by atoms with Gasteiger partial charge >= 0.3 is 0 Å². The van der Waals surface area contributed by atoms with Gasteiger partial charge in [-0.25, -0.2) is 9.98 Å². The fourth-order valence-corrected chi connectivity index (χ4v) is 7.12. The SMILES string of the molecule is C1=C(c2cc(-c3ccccc3)cc(-c3ccc(-c4ccccc4)cc3)c2)N=C(c2ccc3c(c2)oc2ccccc23)N=C(c2ccccc2)CCC1. The van der Waals surface area contributed by atoms with E-state index >= 15 is 0 Å². The summed E-state index contributed by atoms with van der Waals surface area (Å²) in [6.45, 7) is 0. The zero-order chi connectivity index (χ0) is 34.7. The van der Waals surface area contributed by atoms with E-state index in [0.717, 1.165) is 86.0 Å². The van der Waals surface area contributed by atoms with Gasteiger partial charge in [0, 0.05) is 21.9 Å². The van der Waals surface area contributed by atoms with Crippen LogP contribution in [0.15, 0.2) is 196 Å². The second kappa shape index (κ2) is 14.0. The summed E-state index contributed by atoms with van der Waals surface area (Å²) >= 11 is 0. The van der Waals surface area contributed by atoms with Crippen molar-refractivity contribution in [3.8, 4) is 33.4 Å². The van der Waals surface area contributed by atoms with Gasteiger partial charge in [-0.3, -0.25) is 0 Å². The van der Waals surface area contributed by atoms with Crippen molar-refractivity contribution in [1.29, 1.82) is 0 Å². The minimum absolute atomic E-state index is 0.674. The van der Waals surface area contributed by atoms with Crippen LogP contribution in [0.5, 0.6) is 0 Å². The first kappa shape index (κ1) is 31.4. The van der Waals surface area contributed by atoms with Gasteiger partial charge in [0.1, 0.15) is 11.2 Å². The Hall–Kier alpha value is -6.58. The molecule has 2 heterocycles. The molecule has 1 aliphatic heterocycles. The topological polar surface area (TPSA) is 37.9 Å². The number of hydrogen-bond donors (Lipinski definition) is 0. The number of hydrogen-bond acceptors (Lipinski definition) is 3. The molecule has 0 saturated heterocycles. The summed E-state index contributed by atoms with van der Waals surface area (Å²) in [6.07, 6.45) is 4.99. The number of aliphatic imine (C=N–C) groups is 2. The number of fused-ring (bicyclic) bond motifs is 3. The van der Waals surface area contributed by atoms with Crippen molar-refractivity contribution in [3.63, 3.8) is 0 Å². The molecule has 0 saturated carbocycles. The fraction of sp³-hybridized carbons (Fsp3) is 0.0612. The lowest BCUT2D eigenvalue weighted by atomic mass is 9.93. The zero-order valence-corrected chi connectivity index (χ0v) is 28.7. The number of nitrogens with zero attached hydrogens (tertiary/aromatic N) is 2. The molecule has 0 bridgehead atoms. The first-order chi connectivity index (χ1) is 25.7. The standard InChI is InChI=1S/C49H36N2O/c1-4-14-34(15-5-1)36-24-26-37(27-25-36)41-30-40(35-16-6-2-7-17-35)31-42(32-41)46-22-12-11-21-45(38-18-8-3-9-19-38)50-49(51-46)39-28-29-44-43-20-10-13-23-47(43)52-48(44)33-39/h1-10,13-20,22-33H,11-12,21H2. The number of benzene rings is 7. The van der Waals surface area contributed by atoms with Crippen molar-refractivity contribution < 1.29 is 4.42 Å². The Labute approximate surface area is 304 Å². The third-order valence-electron chi connectivity index (χ3n) is 9.83. The van der Waals surface area contributed by atoms with Gasteiger partial charge < -0.3 is 4.42 Å². The van der Waals surface area contributed by atoms with Gasteiger partial charge in [0.05, 0.1) is 11.4 Å². The van der Waals surface area contributed by atoms with Crippen LogP contribution in [0.4, 0.5) is 0 Å². The molecule has 0 amide bonds. The number of furan rings is 1. The van der Waals surface area contributed by atoms with Gasteiger partial charge in [-0.1, -0.05) is 146 Å². The van der Waals surface area contributed by atoms with Crippen LogP contribution >= 0.6 is 0 Å². The van der Waals surface area contributed by atoms with Crippen molar-refractivity contribution in [3.05, 3.63) is 199 Å². The Morgan fingerprint density at radius 3 is 1.60 bits per heavy atom. The van der Waals surface area contributed by atoms with Gasteiger partial charge in [0.25, 0.3) is 0 Å². The van der Waals surface area contributed by atoms with Gasteiger partial charge in [-0.05, 0) is 94.6 Å². The molecular weight excluding hydrogens is 633 g/mol. The monoisotopic (exact) mass is 668 g/mol. The van der Waals surface area contributed by atoms with E-state index in [2.05, 4.69) is 170 Å². The molecule has 0 unspecified atom stereocenters. The predicted molar refractivity (Wildman–Crippen MR) is 218 cm³/mol. The van der Waals surface area contributed by atoms with Crippen molar-refractivity contribution in [1.82, 2.24) is 0 Å². The molecule has 0 aliphatic carbocycles. The summed E-state index contributed by atoms with van der Waals surface area (Å²) in [6, 6.07) is 61.9. The smallest absolute Gasteiger partial charge is 0.160 e. The first-order valence-electron chi connectivity index (χ1n) is 18.0. The molecule has 248 valence electrons. The Kier molecular flexibility index (Phi) is 8.44. The average molecular weight is 669 g/mol. The predicted octanol–water partition coefficient (Wildman–Crippen LogP) is 13.0. The highest BCUT2D eigenvalue weighted by Crippen LogP contribution is 2.35. The normalized spacial score (nSPS) is 13.5. The number of para-hydroxylation sites is 1. The molecule has 1 aliphatic rings. The fourth-order valence-electron chi connectivity index (χ4n) is 7.12. The van der Waals surface area contributed by atoms with E-state index < -0.39 is 0 Å². The molecule has 0 spiro atoms. The molecule has 9 rings (SSSR count). The van der Waals surface area contributed by atoms with Gasteiger partial charge in [-0.2, -0.15) is 0 Å². The van der Waals surface area contributed by atoms with Crippen molar-refractivity contribution in [2.24, 2.45) is 9.98 Å². The van der Waals surface area contributed by atoms with Gasteiger partial charge in [0.15, 0.2) is 5.84 Å². The third-order valence-corrected chi connectivity index (χ3v) is 9.83. The minimum Gasteiger partial charge on any atom is -0.456 e. The summed E-state index contributed by atoms with van der Waals surface area (Å²) in [5.74, 6) is 0.674. The maximum absolute atomic E-state index is 6.34. The lowest BCUT2D eigenvalue weighted by Crippen LogP contribution is -2.07. The second-order valence-electron chi connectivity index (χ2n) is 13.3. The highest BCUT2D eigenvalue weighted by atomic mass is 16.3. The summed E-state index contributed by atoms with van der Waals surface area (Å²) in [7, 11) is 0. The molecule has 0 N–H and O–H groups in total. The van der Waals surface area contributed by atoms with E-state index in [1.165, 1.54) is 16.7 Å². The van der Waals surface area contributed by atoms with E-state index in [1.807, 2.05) is 12.1 Å². The minimum atomic E-state index is 0.674. The molecule has 3 heteroatoms. The van der Waals surface area contributed by atoms with Crippen LogP contribution in [0.1, 0.15) is 36.0 Å². The Bertz CT molecular complexity index is 2610. The maximum Gasteiger partial charge on any atom is 0.160 e. The summed E-state index contributed by atoms with van der Waals surface area (Å²) in [5, 5.41) is 2.20. The quantitative estimate of drug-likeness (QED) is 0.174. The van der Waals surface area contributed by atoms with Crippen molar-refractivity contribution >= 4 is 39.2 Å². The molecule has 3 nitrogen and oxygen atoms in total. The lowest BCUT2D eigenvalue weighted by molar-refractivity contribution is 0.669. The van der Waals surface area contributed by atoms with Gasteiger partial charge in [0.2, 0.25) is 0 Å². The molecule has 7 aromatic carbocycles. The van der Waals surface area contributed by atoms with E-state index in [4.69, 9.17) is 14.4 Å². The molecule has 0 atom stereocenters. The first-order valence-corrected chi connectivity index (χ1v) is 18.0. The average Bonchev–Trinajstić information content (AvgIpc) is 3.64. The van der Waals surface area contributed by atoms with Crippen molar-refractivity contribution in [2.75, 3.05) is 0 Å². The van der Waals surface area contributed by atoms with E-state index in [0.29, 0.717) is 5.84 Å². The van der Waals surface area contributed by atoms with Crippen LogP contribution in [-0.4, -0.2) is 11.5 Å². The molecule has 0 radical (unpaired) electrons. The molecule has 0 fully saturated rings. The lowest BCUT2D eigenvalue weighted by Gasteiger charge is -2.13. The summed E-state index contributed by atoms with van der Waals surface area (Å²) in [4.78, 5) is 10.8. The van der Waals surface area contributed by atoms with Crippen LogP contribution in [-0.2, 0) is 0 Å². The van der Waals surface area contributed by atoms with E-state index in [9.17, 15) is 0 Å². The van der Waals surface area contributed by atoms with Crippen molar-refractivity contribution in [2.45, 2.75) is 19.3 Å². The highest BCUT2D eigenvalue weighted by Gasteiger charge is 2.16. The zero-order valence-electron chi connectivity index (χ0n) is 28.7. The molecule has 1 aromatic heterocycles. The molecule has 52 heavy (non-hydrogen) atoms. The highest BCUT2D eigenvalue weighted by molar-refractivity contribution is 6.15. The van der Waals surface area contributed by atoms with E-state index in [-0.39, 0.29) is 0 Å². The van der Waals surface area contributed by atoms with Crippen LogP contribution in [0.25, 0.3) is 61.0 Å². The second-order valence-corrected chi connectivity index (χ2v) is 13.3. The maximum atomic E-state index is 6.34. The molecule has 8 aromatic rings. The summed E-state index contributed by atoms with van der Waals surface area (Å²) < 4.78 is 6.34. The third kappa shape index (κ3) is 6.41. The number of rotatable bonds is 6. The van der Waals surface area contributed by atoms with Crippen LogP contribution in [0.2, 0.25) is 0 Å². The number of amidine groups is 1. The largest absolute Gasteiger partial charge is 0.456 e. The van der Waals surface area contributed by atoms with Crippen LogP contribution < -0.4 is 0 Å². The Morgan fingerprint density at radius 1 is 0.385 bits per heavy atom. The molecular formula is C49H36N2O. The van der Waals surface area contributed by atoms with Crippen LogP contribution in [0, 0.1) is 0 Å². The van der Waals surface area contributed by atoms with Crippen LogP contribution in [0.3, 0.4) is 0 Å². The van der Waals surface area contributed by atoms with E-state index in [1.54, 1.807) is 0 Å². The Balaban J connectivity index is 1.20. The van der Waals surface area contributed by atoms with Gasteiger partial charge in [-0.15, -0.1) is 0 Å².